The van der Waals surface area contributed by atoms with Crippen LogP contribution in [0.1, 0.15) is 52.4 Å². The van der Waals surface area contributed by atoms with Gasteiger partial charge in [-0.1, -0.05) is 51.1 Å². The smallest absolute Gasteiger partial charge is 0.181 e. The first-order chi connectivity index (χ1) is 15.3. The first-order valence-corrected chi connectivity index (χ1v) is 14.6. The second kappa shape index (κ2) is 10.7. The van der Waals surface area contributed by atoms with Crippen LogP contribution in [0.4, 0.5) is 11.4 Å². The van der Waals surface area contributed by atoms with Crippen LogP contribution in [-0.4, -0.2) is 34.1 Å². The molecular weight excluding hydrogens is 462 g/mol. The van der Waals surface area contributed by atoms with E-state index in [2.05, 4.69) is 18.7 Å². The van der Waals surface area contributed by atoms with Crippen LogP contribution < -0.4 is 9.64 Å². The van der Waals surface area contributed by atoms with Crippen LogP contribution in [0.15, 0.2) is 46.2 Å². The molecule has 0 saturated carbocycles. The number of halogens is 1. The molecule has 0 bridgehead atoms. The van der Waals surface area contributed by atoms with Crippen molar-refractivity contribution >= 4 is 44.6 Å². The Hall–Kier alpha value is -1.37. The Morgan fingerprint density at radius 2 is 1.72 bits per heavy atom. The normalized spacial score (nSPS) is 17.0. The average Bonchev–Trinajstić information content (AvgIpc) is 2.88. The molecule has 0 aliphatic carbocycles. The summed E-state index contributed by atoms with van der Waals surface area (Å²) in [5.41, 5.74) is 1.38. The number of benzene rings is 2. The number of methoxy groups -OCH3 is 1. The number of sulfone groups is 1. The quantitative estimate of drug-likeness (QED) is 0.340. The number of unbranched alkanes of at least 4 members (excludes halogenated alkanes) is 2. The summed E-state index contributed by atoms with van der Waals surface area (Å²) >= 11 is 7.73. The number of anilines is 2. The highest BCUT2D eigenvalue weighted by atomic mass is 35.5. The summed E-state index contributed by atoms with van der Waals surface area (Å²) in [4.78, 5) is 3.48. The number of nitrogens with zero attached hydrogens (tertiary/aromatic N) is 1. The van der Waals surface area contributed by atoms with E-state index in [4.69, 9.17) is 16.3 Å². The Morgan fingerprint density at radius 3 is 2.25 bits per heavy atom. The zero-order valence-corrected chi connectivity index (χ0v) is 21.9. The highest BCUT2D eigenvalue weighted by molar-refractivity contribution is 7.98. The van der Waals surface area contributed by atoms with Crippen LogP contribution in [-0.2, 0) is 9.84 Å². The molecule has 0 amide bonds. The van der Waals surface area contributed by atoms with Crippen molar-refractivity contribution in [3.05, 3.63) is 41.4 Å². The van der Waals surface area contributed by atoms with Gasteiger partial charge >= 0.3 is 0 Å². The summed E-state index contributed by atoms with van der Waals surface area (Å²) in [6.07, 6.45) is 7.90. The first kappa shape index (κ1) is 25.3. The minimum Gasteiger partial charge on any atom is -0.496 e. The molecular formula is C25H34ClNO3S2. The van der Waals surface area contributed by atoms with Crippen molar-refractivity contribution < 1.29 is 13.2 Å². The molecule has 7 heteroatoms. The summed E-state index contributed by atoms with van der Waals surface area (Å²) in [5, 5.41) is 0.666. The number of rotatable bonds is 9. The molecule has 0 aromatic heterocycles. The maximum atomic E-state index is 13.8. The van der Waals surface area contributed by atoms with Crippen molar-refractivity contribution in [2.75, 3.05) is 30.6 Å². The minimum absolute atomic E-state index is 0.166. The summed E-state index contributed by atoms with van der Waals surface area (Å²) in [7, 11) is -1.92. The molecule has 32 heavy (non-hydrogen) atoms. The van der Waals surface area contributed by atoms with Crippen LogP contribution in [0.5, 0.6) is 5.75 Å². The lowest BCUT2D eigenvalue weighted by atomic mass is 9.79. The number of hydrogen-bond acceptors (Lipinski definition) is 5. The molecule has 1 aliphatic heterocycles. The molecule has 1 aliphatic rings. The third-order valence-electron chi connectivity index (χ3n) is 6.34. The first-order valence-electron chi connectivity index (χ1n) is 11.3. The molecule has 0 radical (unpaired) electrons. The highest BCUT2D eigenvalue weighted by Gasteiger charge is 2.42. The van der Waals surface area contributed by atoms with Crippen LogP contribution >= 0.6 is 23.4 Å². The van der Waals surface area contributed by atoms with Gasteiger partial charge in [-0.05, 0) is 49.4 Å². The van der Waals surface area contributed by atoms with Crippen LogP contribution in [0, 0.1) is 5.41 Å². The van der Waals surface area contributed by atoms with E-state index >= 15 is 0 Å². The van der Waals surface area contributed by atoms with Crippen molar-refractivity contribution in [2.45, 2.75) is 62.2 Å². The number of thioether (sulfide) groups is 1. The lowest BCUT2D eigenvalue weighted by molar-refractivity contribution is 0.270. The molecule has 3 rings (SSSR count). The van der Waals surface area contributed by atoms with Crippen molar-refractivity contribution in [2.24, 2.45) is 5.41 Å². The van der Waals surface area contributed by atoms with Crippen LogP contribution in [0.25, 0.3) is 0 Å². The number of fused-ring (bicyclic) bond motifs is 1. The Balaban J connectivity index is 2.26. The van der Waals surface area contributed by atoms with Gasteiger partial charge in [-0.15, -0.1) is 11.8 Å². The molecule has 0 saturated heterocycles. The lowest BCUT2D eigenvalue weighted by Gasteiger charge is -2.37. The van der Waals surface area contributed by atoms with Crippen LogP contribution in [0.2, 0.25) is 5.02 Å². The Morgan fingerprint density at radius 1 is 1.09 bits per heavy atom. The zero-order chi connectivity index (χ0) is 23.4. The standard InChI is InChI=1S/C25H34ClNO3S2/c1-5-7-13-25(14-8-6-2)17-27(20-11-9-19(26)10-12-20)21-15-23(31-4)22(30-3)16-24(21)32(28,29)18-25/h9-12,15-16H,5-8,13-14,17-18H2,1-4H3. The van der Waals surface area contributed by atoms with E-state index in [1.165, 1.54) is 0 Å². The van der Waals surface area contributed by atoms with E-state index < -0.39 is 9.84 Å². The van der Waals surface area contributed by atoms with E-state index in [0.29, 0.717) is 22.2 Å². The summed E-state index contributed by atoms with van der Waals surface area (Å²) in [6.45, 7) is 5.00. The molecule has 2 aromatic carbocycles. The molecule has 0 spiro atoms. The minimum atomic E-state index is -3.51. The highest BCUT2D eigenvalue weighted by Crippen LogP contribution is 2.47. The zero-order valence-electron chi connectivity index (χ0n) is 19.5. The van der Waals surface area contributed by atoms with Gasteiger partial charge in [0.15, 0.2) is 9.84 Å². The monoisotopic (exact) mass is 495 g/mol. The maximum Gasteiger partial charge on any atom is 0.181 e. The Bertz CT molecular complexity index is 1010. The fourth-order valence-corrected chi connectivity index (χ4v) is 7.45. The van der Waals surface area contributed by atoms with Gasteiger partial charge < -0.3 is 9.64 Å². The van der Waals surface area contributed by atoms with Crippen molar-refractivity contribution in [3.63, 3.8) is 0 Å². The molecule has 0 unspecified atom stereocenters. The van der Waals surface area contributed by atoms with E-state index in [1.54, 1.807) is 24.9 Å². The lowest BCUT2D eigenvalue weighted by Crippen LogP contribution is -2.38. The van der Waals surface area contributed by atoms with Gasteiger partial charge in [0.2, 0.25) is 0 Å². The molecule has 0 N–H and O–H groups in total. The van der Waals surface area contributed by atoms with E-state index in [-0.39, 0.29) is 11.2 Å². The topological polar surface area (TPSA) is 46.6 Å². The maximum absolute atomic E-state index is 13.8. The molecule has 0 atom stereocenters. The van der Waals surface area contributed by atoms with E-state index in [0.717, 1.165) is 54.8 Å². The number of hydrogen-bond donors (Lipinski definition) is 0. The molecule has 1 heterocycles. The molecule has 4 nitrogen and oxygen atoms in total. The molecule has 176 valence electrons. The predicted molar refractivity (Wildman–Crippen MR) is 137 cm³/mol. The molecule has 2 aromatic rings. The third-order valence-corrected chi connectivity index (χ3v) is 9.34. The SMILES string of the molecule is CCCCC1(CCCC)CN(c2ccc(Cl)cc2)c2cc(SC)c(OC)cc2S(=O)(=O)C1. The summed E-state index contributed by atoms with van der Waals surface area (Å²) in [6, 6.07) is 11.4. The van der Waals surface area contributed by atoms with Crippen molar-refractivity contribution in [1.29, 1.82) is 0 Å². The molecule has 0 fully saturated rings. The Kier molecular flexibility index (Phi) is 8.45. The number of ether oxygens (including phenoxy) is 1. The van der Waals surface area contributed by atoms with Crippen LogP contribution in [0.3, 0.4) is 0 Å². The predicted octanol–water partition coefficient (Wildman–Crippen LogP) is 7.36. The largest absolute Gasteiger partial charge is 0.496 e. The van der Waals surface area contributed by atoms with Gasteiger partial charge in [-0.25, -0.2) is 8.42 Å². The summed E-state index contributed by atoms with van der Waals surface area (Å²) in [5.74, 6) is 0.768. The average molecular weight is 496 g/mol. The van der Waals surface area contributed by atoms with E-state index in [1.807, 2.05) is 36.6 Å². The van der Waals surface area contributed by atoms with Gasteiger partial charge in [-0.2, -0.15) is 0 Å². The van der Waals surface area contributed by atoms with Gasteiger partial charge in [0, 0.05) is 28.7 Å². The van der Waals surface area contributed by atoms with Gasteiger partial charge in [0.1, 0.15) is 5.75 Å². The fraction of sp³-hybridized carbons (Fsp3) is 0.520. The van der Waals surface area contributed by atoms with Gasteiger partial charge in [0.05, 0.1) is 28.3 Å². The Labute approximate surface area is 202 Å². The summed E-state index contributed by atoms with van der Waals surface area (Å²) < 4.78 is 33.2. The third kappa shape index (κ3) is 5.40. The fourth-order valence-electron chi connectivity index (χ4n) is 4.64. The second-order valence-corrected chi connectivity index (χ2v) is 11.9. The van der Waals surface area contributed by atoms with Gasteiger partial charge in [0.25, 0.3) is 0 Å². The van der Waals surface area contributed by atoms with Gasteiger partial charge in [-0.3, -0.25) is 0 Å². The second-order valence-electron chi connectivity index (χ2n) is 8.70. The van der Waals surface area contributed by atoms with E-state index in [9.17, 15) is 8.42 Å². The van der Waals surface area contributed by atoms with Crippen molar-refractivity contribution in [1.82, 2.24) is 0 Å². The van der Waals surface area contributed by atoms with Crippen molar-refractivity contribution in [3.8, 4) is 5.75 Å².